The molecule has 0 saturated heterocycles. The minimum Gasteiger partial charge on any atom is -0.478 e. The minimum atomic E-state index is -0.989. The fourth-order valence-corrected chi connectivity index (χ4v) is 0.933. The molecule has 1 rings (SSSR count). The molecule has 1 aromatic carbocycles. The molecule has 0 saturated carbocycles. The van der Waals surface area contributed by atoms with Gasteiger partial charge >= 0.3 is 5.97 Å². The lowest BCUT2D eigenvalue weighted by atomic mass is 10.1. The molecule has 0 radical (unpaired) electrons. The van der Waals surface area contributed by atoms with Crippen molar-refractivity contribution in [3.63, 3.8) is 0 Å². The highest BCUT2D eigenvalue weighted by Gasteiger charge is 2.06. The SMILES string of the molecule is Cc1cc(OO)ccc1C(=O)O. The van der Waals surface area contributed by atoms with Crippen LogP contribution in [0.25, 0.3) is 0 Å². The van der Waals surface area contributed by atoms with E-state index in [1.165, 1.54) is 18.2 Å². The first-order valence-electron chi connectivity index (χ1n) is 3.30. The van der Waals surface area contributed by atoms with Crippen molar-refractivity contribution in [3.8, 4) is 5.75 Å². The molecule has 64 valence electrons. The van der Waals surface area contributed by atoms with Crippen molar-refractivity contribution in [3.05, 3.63) is 29.3 Å². The molecule has 0 bridgehead atoms. The second kappa shape index (κ2) is 3.23. The lowest BCUT2D eigenvalue weighted by molar-refractivity contribution is -0.137. The van der Waals surface area contributed by atoms with Gasteiger partial charge in [-0.05, 0) is 30.7 Å². The number of benzene rings is 1. The van der Waals surface area contributed by atoms with Gasteiger partial charge in [-0.25, -0.2) is 10.1 Å². The molecule has 0 aliphatic heterocycles. The topological polar surface area (TPSA) is 66.8 Å². The van der Waals surface area contributed by atoms with Gasteiger partial charge in [0.1, 0.15) is 0 Å². The van der Waals surface area contributed by atoms with Gasteiger partial charge in [0.2, 0.25) is 0 Å². The average molecular weight is 168 g/mol. The third-order valence-corrected chi connectivity index (χ3v) is 1.53. The molecule has 0 aliphatic carbocycles. The Morgan fingerprint density at radius 3 is 2.58 bits per heavy atom. The van der Waals surface area contributed by atoms with Crippen LogP contribution in [0.4, 0.5) is 0 Å². The van der Waals surface area contributed by atoms with E-state index in [0.29, 0.717) is 5.56 Å². The van der Waals surface area contributed by atoms with Crippen LogP contribution in [0.2, 0.25) is 0 Å². The Balaban J connectivity index is 3.12. The monoisotopic (exact) mass is 168 g/mol. The molecule has 0 atom stereocenters. The van der Waals surface area contributed by atoms with Gasteiger partial charge < -0.3 is 9.99 Å². The first kappa shape index (κ1) is 8.55. The molecule has 0 fully saturated rings. The molecule has 0 unspecified atom stereocenters. The zero-order valence-corrected chi connectivity index (χ0v) is 6.44. The van der Waals surface area contributed by atoms with Gasteiger partial charge in [-0.2, -0.15) is 0 Å². The molecule has 0 aromatic heterocycles. The Morgan fingerprint density at radius 1 is 1.50 bits per heavy atom. The predicted molar refractivity (Wildman–Crippen MR) is 41.4 cm³/mol. The Kier molecular flexibility index (Phi) is 2.30. The maximum atomic E-state index is 10.5. The molecule has 4 nitrogen and oxygen atoms in total. The molecule has 4 heteroatoms. The summed E-state index contributed by atoms with van der Waals surface area (Å²) in [6.45, 7) is 1.63. The van der Waals surface area contributed by atoms with E-state index in [2.05, 4.69) is 4.89 Å². The first-order chi connectivity index (χ1) is 5.65. The van der Waals surface area contributed by atoms with E-state index in [1.54, 1.807) is 6.92 Å². The van der Waals surface area contributed by atoms with Crippen LogP contribution in [0.5, 0.6) is 5.75 Å². The Morgan fingerprint density at radius 2 is 2.17 bits per heavy atom. The van der Waals surface area contributed by atoms with Crippen molar-refractivity contribution in [1.82, 2.24) is 0 Å². The summed E-state index contributed by atoms with van der Waals surface area (Å²) in [4.78, 5) is 14.5. The summed E-state index contributed by atoms with van der Waals surface area (Å²) in [6, 6.07) is 4.21. The number of carboxylic acid groups (broad SMARTS) is 1. The molecular formula is C8H8O4. The standard InChI is InChI=1S/C8H8O4/c1-5-4-6(12-11)2-3-7(5)8(9)10/h2-4,11H,1H3,(H,9,10). The van der Waals surface area contributed by atoms with Crippen LogP contribution in [0.15, 0.2) is 18.2 Å². The van der Waals surface area contributed by atoms with E-state index in [1.807, 2.05) is 0 Å². The Hall–Kier alpha value is -1.55. The maximum Gasteiger partial charge on any atom is 0.335 e. The fourth-order valence-electron chi connectivity index (χ4n) is 0.933. The maximum absolute atomic E-state index is 10.5. The number of hydrogen-bond acceptors (Lipinski definition) is 3. The summed E-state index contributed by atoms with van der Waals surface area (Å²) < 4.78 is 0. The van der Waals surface area contributed by atoms with Gasteiger partial charge in [-0.15, -0.1) is 0 Å². The number of carbonyl (C=O) groups is 1. The number of aryl methyl sites for hydroxylation is 1. The predicted octanol–water partition coefficient (Wildman–Crippen LogP) is 1.55. The molecular weight excluding hydrogens is 160 g/mol. The number of aromatic carboxylic acids is 1. The summed E-state index contributed by atoms with van der Waals surface area (Å²) in [5.41, 5.74) is 0.754. The molecule has 0 spiro atoms. The van der Waals surface area contributed by atoms with Crippen LogP contribution in [0, 0.1) is 6.92 Å². The van der Waals surface area contributed by atoms with Gasteiger partial charge in [0.15, 0.2) is 5.75 Å². The summed E-state index contributed by atoms with van der Waals surface area (Å²) in [6.07, 6.45) is 0. The second-order valence-electron chi connectivity index (χ2n) is 2.37. The van der Waals surface area contributed by atoms with E-state index < -0.39 is 5.97 Å². The summed E-state index contributed by atoms with van der Waals surface area (Å²) in [5, 5.41) is 16.9. The lowest BCUT2D eigenvalue weighted by Crippen LogP contribution is -1.99. The fraction of sp³-hybridized carbons (Fsp3) is 0.125. The number of hydrogen-bond donors (Lipinski definition) is 2. The van der Waals surface area contributed by atoms with Crippen molar-refractivity contribution >= 4 is 5.97 Å². The molecule has 2 N–H and O–H groups in total. The van der Waals surface area contributed by atoms with Crippen molar-refractivity contribution in [2.45, 2.75) is 6.92 Å². The average Bonchev–Trinajstić information content (AvgIpc) is 2.03. The van der Waals surface area contributed by atoms with Crippen LogP contribution in [-0.2, 0) is 0 Å². The van der Waals surface area contributed by atoms with Gasteiger partial charge in [0, 0.05) is 0 Å². The van der Waals surface area contributed by atoms with E-state index in [0.717, 1.165) is 0 Å². The smallest absolute Gasteiger partial charge is 0.335 e. The highest BCUT2D eigenvalue weighted by molar-refractivity contribution is 5.89. The van der Waals surface area contributed by atoms with Gasteiger partial charge in [-0.3, -0.25) is 0 Å². The third kappa shape index (κ3) is 1.54. The number of carboxylic acids is 1. The van der Waals surface area contributed by atoms with Crippen molar-refractivity contribution in [1.29, 1.82) is 0 Å². The first-order valence-corrected chi connectivity index (χ1v) is 3.30. The van der Waals surface area contributed by atoms with Crippen molar-refractivity contribution in [2.75, 3.05) is 0 Å². The summed E-state index contributed by atoms with van der Waals surface area (Å²) in [7, 11) is 0. The minimum absolute atomic E-state index is 0.204. The van der Waals surface area contributed by atoms with Crippen LogP contribution in [0.1, 0.15) is 15.9 Å². The molecule has 0 heterocycles. The highest BCUT2D eigenvalue weighted by Crippen LogP contribution is 2.16. The van der Waals surface area contributed by atoms with E-state index >= 15 is 0 Å². The normalized spacial score (nSPS) is 9.50. The van der Waals surface area contributed by atoms with Gasteiger partial charge in [0.05, 0.1) is 5.56 Å². The molecule has 1 aromatic rings. The van der Waals surface area contributed by atoms with Gasteiger partial charge in [0.25, 0.3) is 0 Å². The van der Waals surface area contributed by atoms with Crippen LogP contribution in [-0.4, -0.2) is 16.3 Å². The molecule has 0 amide bonds. The lowest BCUT2D eigenvalue weighted by Gasteiger charge is -2.01. The van der Waals surface area contributed by atoms with E-state index in [9.17, 15) is 4.79 Å². The van der Waals surface area contributed by atoms with Gasteiger partial charge in [-0.1, -0.05) is 0 Å². The Labute approximate surface area is 69.0 Å². The largest absolute Gasteiger partial charge is 0.478 e. The van der Waals surface area contributed by atoms with Crippen LogP contribution >= 0.6 is 0 Å². The molecule has 12 heavy (non-hydrogen) atoms. The number of rotatable bonds is 2. The summed E-state index contributed by atoms with van der Waals surface area (Å²) in [5.74, 6) is -0.755. The van der Waals surface area contributed by atoms with Crippen LogP contribution < -0.4 is 4.89 Å². The van der Waals surface area contributed by atoms with E-state index in [-0.39, 0.29) is 11.3 Å². The van der Waals surface area contributed by atoms with E-state index in [4.69, 9.17) is 10.4 Å². The van der Waals surface area contributed by atoms with Crippen molar-refractivity contribution in [2.24, 2.45) is 0 Å². The second-order valence-corrected chi connectivity index (χ2v) is 2.37. The zero-order chi connectivity index (χ0) is 9.14. The third-order valence-electron chi connectivity index (χ3n) is 1.53. The quantitative estimate of drug-likeness (QED) is 0.519. The van der Waals surface area contributed by atoms with Crippen molar-refractivity contribution < 1.29 is 20.0 Å². The molecule has 0 aliphatic rings. The zero-order valence-electron chi connectivity index (χ0n) is 6.44. The highest BCUT2D eigenvalue weighted by atomic mass is 17.1. The summed E-state index contributed by atoms with van der Waals surface area (Å²) >= 11 is 0. The Bertz CT molecular complexity index is 306. The van der Waals surface area contributed by atoms with Crippen LogP contribution in [0.3, 0.4) is 0 Å².